The number of fused-ring (bicyclic) bond motifs is 1. The number of hydrogen-bond acceptors (Lipinski definition) is 5. The Bertz CT molecular complexity index is 1300. The minimum atomic E-state index is -4.65. The molecule has 1 saturated heterocycles. The van der Waals surface area contributed by atoms with Crippen molar-refractivity contribution in [3.63, 3.8) is 0 Å². The normalized spacial score (nSPS) is 14.8. The molecule has 2 amide bonds. The lowest BCUT2D eigenvalue weighted by Crippen LogP contribution is -2.50. The van der Waals surface area contributed by atoms with Gasteiger partial charge >= 0.3 is 6.18 Å². The van der Waals surface area contributed by atoms with Gasteiger partial charge in [-0.2, -0.15) is 18.3 Å². The molecule has 4 aromatic rings. The Morgan fingerprint density at radius 3 is 2.09 bits per heavy atom. The average Bonchev–Trinajstić information content (AvgIpc) is 3.55. The zero-order valence-electron chi connectivity index (χ0n) is 17.1. The highest BCUT2D eigenvalue weighted by molar-refractivity contribution is 7.20. The summed E-state index contributed by atoms with van der Waals surface area (Å²) in [6, 6.07) is 13.4. The zero-order chi connectivity index (χ0) is 23.2. The van der Waals surface area contributed by atoms with Gasteiger partial charge in [-0.25, -0.2) is 4.68 Å². The second-order valence-corrected chi connectivity index (χ2v) is 9.46. The monoisotopic (exact) mass is 490 g/mol. The Balaban J connectivity index is 1.40. The van der Waals surface area contributed by atoms with Crippen LogP contribution in [0.1, 0.15) is 25.0 Å². The molecule has 1 aliphatic rings. The van der Waals surface area contributed by atoms with Crippen LogP contribution in [-0.4, -0.2) is 57.6 Å². The van der Waals surface area contributed by atoms with E-state index in [9.17, 15) is 22.8 Å². The van der Waals surface area contributed by atoms with E-state index in [2.05, 4.69) is 5.10 Å². The molecule has 0 spiro atoms. The van der Waals surface area contributed by atoms with Gasteiger partial charge in [0.15, 0.2) is 5.69 Å². The molecule has 1 aromatic carbocycles. The molecular formula is C22H17F3N4O2S2. The van der Waals surface area contributed by atoms with Crippen LogP contribution in [0.3, 0.4) is 0 Å². The predicted molar refractivity (Wildman–Crippen MR) is 120 cm³/mol. The van der Waals surface area contributed by atoms with Crippen molar-refractivity contribution < 1.29 is 22.8 Å². The molecule has 1 aliphatic heterocycles. The molecular weight excluding hydrogens is 473 g/mol. The minimum Gasteiger partial charge on any atom is -0.334 e. The van der Waals surface area contributed by atoms with Crippen LogP contribution in [-0.2, 0) is 6.18 Å². The standard InChI is InChI=1S/C22H17F3N4O2S2/c23-22(24,25)18-15-13-17(33-21(15)29(26-18)14-5-2-1-3-6-14)20(31)28-10-8-27(9-11-28)19(30)16-7-4-12-32-16/h1-7,12-13H,8-11H2. The SMILES string of the molecule is O=C(c1cccs1)N1CCN(C(=O)c2cc3c(C(F)(F)F)nn(-c4ccccc4)c3s2)CC1. The molecule has 0 unspecified atom stereocenters. The van der Waals surface area contributed by atoms with Crippen LogP contribution in [0.15, 0.2) is 53.9 Å². The van der Waals surface area contributed by atoms with Gasteiger partial charge in [-0.05, 0) is 29.6 Å². The highest BCUT2D eigenvalue weighted by Gasteiger charge is 2.38. The summed E-state index contributed by atoms with van der Waals surface area (Å²) in [7, 11) is 0. The zero-order valence-corrected chi connectivity index (χ0v) is 18.7. The third kappa shape index (κ3) is 4.02. The maximum atomic E-state index is 13.6. The summed E-state index contributed by atoms with van der Waals surface area (Å²) in [5.74, 6) is -0.413. The first kappa shape index (κ1) is 21.7. The summed E-state index contributed by atoms with van der Waals surface area (Å²) in [4.78, 5) is 30.0. The van der Waals surface area contributed by atoms with Crippen LogP contribution >= 0.6 is 22.7 Å². The van der Waals surface area contributed by atoms with Crippen LogP contribution < -0.4 is 0 Å². The lowest BCUT2D eigenvalue weighted by Gasteiger charge is -2.34. The highest BCUT2D eigenvalue weighted by Crippen LogP contribution is 2.39. The number of hydrogen-bond donors (Lipinski definition) is 0. The van der Waals surface area contributed by atoms with Crippen LogP contribution in [0, 0.1) is 0 Å². The van der Waals surface area contributed by atoms with Gasteiger partial charge in [-0.1, -0.05) is 24.3 Å². The predicted octanol–water partition coefficient (Wildman–Crippen LogP) is 4.77. The lowest BCUT2D eigenvalue weighted by molar-refractivity contribution is -0.140. The van der Waals surface area contributed by atoms with Gasteiger partial charge in [0, 0.05) is 31.6 Å². The number of halogens is 3. The number of nitrogens with zero attached hydrogens (tertiary/aromatic N) is 4. The van der Waals surface area contributed by atoms with Gasteiger partial charge in [0.2, 0.25) is 0 Å². The van der Waals surface area contributed by atoms with E-state index < -0.39 is 11.9 Å². The molecule has 4 heterocycles. The Hall–Kier alpha value is -3.18. The number of aromatic nitrogens is 2. The second-order valence-electron chi connectivity index (χ2n) is 7.48. The number of carbonyl (C=O) groups excluding carboxylic acids is 2. The summed E-state index contributed by atoms with van der Waals surface area (Å²) in [5, 5.41) is 5.53. The average molecular weight is 491 g/mol. The minimum absolute atomic E-state index is 0.0725. The van der Waals surface area contributed by atoms with E-state index in [-0.39, 0.29) is 26.9 Å². The number of thiophene rings is 2. The molecule has 3 aromatic heterocycles. The fourth-order valence-corrected chi connectivity index (χ4v) is 5.58. The molecule has 0 radical (unpaired) electrons. The number of alkyl halides is 3. The second kappa shape index (κ2) is 8.31. The first-order chi connectivity index (χ1) is 15.8. The summed E-state index contributed by atoms with van der Waals surface area (Å²) < 4.78 is 42.2. The summed E-state index contributed by atoms with van der Waals surface area (Å²) in [6.07, 6.45) is -4.65. The quantitative estimate of drug-likeness (QED) is 0.416. The third-order valence-electron chi connectivity index (χ3n) is 5.43. The molecule has 1 fully saturated rings. The highest BCUT2D eigenvalue weighted by atomic mass is 32.1. The summed E-state index contributed by atoms with van der Waals surface area (Å²) >= 11 is 2.36. The maximum absolute atomic E-state index is 13.6. The van der Waals surface area contributed by atoms with E-state index in [0.717, 1.165) is 11.3 Å². The molecule has 33 heavy (non-hydrogen) atoms. The molecule has 0 bridgehead atoms. The van der Waals surface area contributed by atoms with Crippen LogP contribution in [0.5, 0.6) is 0 Å². The number of piperazine rings is 1. The smallest absolute Gasteiger partial charge is 0.334 e. The topological polar surface area (TPSA) is 58.4 Å². The Morgan fingerprint density at radius 2 is 1.52 bits per heavy atom. The molecule has 0 atom stereocenters. The van der Waals surface area contributed by atoms with Crippen molar-refractivity contribution in [2.45, 2.75) is 6.18 Å². The van der Waals surface area contributed by atoms with Gasteiger partial charge in [0.25, 0.3) is 11.8 Å². The van der Waals surface area contributed by atoms with Crippen molar-refractivity contribution in [2.75, 3.05) is 26.2 Å². The number of amides is 2. The van der Waals surface area contributed by atoms with E-state index in [0.29, 0.717) is 36.7 Å². The molecule has 6 nitrogen and oxygen atoms in total. The van der Waals surface area contributed by atoms with Crippen LogP contribution in [0.2, 0.25) is 0 Å². The molecule has 0 N–H and O–H groups in total. The Kier molecular flexibility index (Phi) is 5.45. The van der Waals surface area contributed by atoms with Gasteiger partial charge in [-0.15, -0.1) is 22.7 Å². The fraction of sp³-hybridized carbons (Fsp3) is 0.227. The van der Waals surface area contributed by atoms with Gasteiger partial charge in [-0.3, -0.25) is 9.59 Å². The van der Waals surface area contributed by atoms with E-state index in [1.165, 1.54) is 22.1 Å². The summed E-state index contributed by atoms with van der Waals surface area (Å²) in [5.41, 5.74) is -0.525. The van der Waals surface area contributed by atoms with Crippen molar-refractivity contribution in [3.8, 4) is 5.69 Å². The fourth-order valence-electron chi connectivity index (χ4n) is 3.79. The van der Waals surface area contributed by atoms with E-state index >= 15 is 0 Å². The van der Waals surface area contributed by atoms with E-state index in [1.54, 1.807) is 46.2 Å². The van der Waals surface area contributed by atoms with Crippen molar-refractivity contribution in [2.24, 2.45) is 0 Å². The van der Waals surface area contributed by atoms with Crippen molar-refractivity contribution in [1.29, 1.82) is 0 Å². The molecule has 5 rings (SSSR count). The first-order valence-corrected chi connectivity index (χ1v) is 11.8. The molecule has 170 valence electrons. The molecule has 0 aliphatic carbocycles. The van der Waals surface area contributed by atoms with Gasteiger partial charge in [0.05, 0.1) is 15.4 Å². The van der Waals surface area contributed by atoms with Gasteiger partial charge in [0.1, 0.15) is 4.83 Å². The number of carbonyl (C=O) groups is 2. The summed E-state index contributed by atoms with van der Waals surface area (Å²) in [6.45, 7) is 1.39. The van der Waals surface area contributed by atoms with Crippen LogP contribution in [0.25, 0.3) is 15.9 Å². The molecule has 11 heteroatoms. The number of para-hydroxylation sites is 1. The lowest BCUT2D eigenvalue weighted by atomic mass is 10.2. The van der Waals surface area contributed by atoms with Crippen molar-refractivity contribution >= 4 is 44.7 Å². The number of rotatable bonds is 3. The number of benzene rings is 1. The third-order valence-corrected chi connectivity index (χ3v) is 7.38. The van der Waals surface area contributed by atoms with E-state index in [4.69, 9.17) is 0 Å². The molecule has 0 saturated carbocycles. The Morgan fingerprint density at radius 1 is 0.879 bits per heavy atom. The van der Waals surface area contributed by atoms with E-state index in [1.807, 2.05) is 11.4 Å². The van der Waals surface area contributed by atoms with Crippen molar-refractivity contribution in [1.82, 2.24) is 19.6 Å². The Labute approximate surface area is 194 Å². The largest absolute Gasteiger partial charge is 0.435 e. The van der Waals surface area contributed by atoms with Crippen molar-refractivity contribution in [3.05, 3.63) is 69.4 Å². The van der Waals surface area contributed by atoms with Crippen LogP contribution in [0.4, 0.5) is 13.2 Å². The maximum Gasteiger partial charge on any atom is 0.435 e. The van der Waals surface area contributed by atoms with Gasteiger partial charge < -0.3 is 9.80 Å². The first-order valence-electron chi connectivity index (χ1n) is 10.1.